The van der Waals surface area contributed by atoms with E-state index in [9.17, 15) is 18.5 Å². The van der Waals surface area contributed by atoms with Gasteiger partial charge in [0.05, 0.1) is 4.92 Å². The first kappa shape index (κ1) is 15.8. The highest BCUT2D eigenvalue weighted by Crippen LogP contribution is 2.20. The summed E-state index contributed by atoms with van der Waals surface area (Å²) in [7, 11) is -3.59. The maximum atomic E-state index is 12.2. The summed E-state index contributed by atoms with van der Waals surface area (Å²) in [6, 6.07) is 5.43. The van der Waals surface area contributed by atoms with Crippen molar-refractivity contribution in [3.63, 3.8) is 0 Å². The largest absolute Gasteiger partial charge is 0.314 e. The van der Waals surface area contributed by atoms with Crippen LogP contribution in [0.1, 0.15) is 18.5 Å². The number of hydrogen-bond donors (Lipinski definition) is 2. The molecule has 1 aromatic rings. The fourth-order valence-electron chi connectivity index (χ4n) is 2.16. The first-order valence-electron chi connectivity index (χ1n) is 6.62. The quantitative estimate of drug-likeness (QED) is 0.604. The maximum absolute atomic E-state index is 12.2. The monoisotopic (exact) mass is 314 g/mol. The molecule has 9 heteroatoms. The van der Waals surface area contributed by atoms with Crippen molar-refractivity contribution >= 4 is 15.9 Å². The molecule has 116 valence electrons. The summed E-state index contributed by atoms with van der Waals surface area (Å²) >= 11 is 0. The van der Waals surface area contributed by atoms with Crippen LogP contribution in [0, 0.1) is 10.1 Å². The van der Waals surface area contributed by atoms with E-state index in [2.05, 4.69) is 10.0 Å². The molecule has 0 amide bonds. The van der Waals surface area contributed by atoms with E-state index < -0.39 is 21.2 Å². The molecule has 0 bridgehead atoms. The Morgan fingerprint density at radius 3 is 2.67 bits per heavy atom. The summed E-state index contributed by atoms with van der Waals surface area (Å²) in [5.41, 5.74) is 0.503. The molecule has 1 unspecified atom stereocenters. The first-order valence-corrected chi connectivity index (χ1v) is 8.06. The van der Waals surface area contributed by atoms with Crippen LogP contribution in [0.5, 0.6) is 0 Å². The van der Waals surface area contributed by atoms with Crippen molar-refractivity contribution in [2.75, 3.05) is 26.2 Å². The predicted molar refractivity (Wildman–Crippen MR) is 78.0 cm³/mol. The third-order valence-corrected chi connectivity index (χ3v) is 5.02. The highest BCUT2D eigenvalue weighted by Gasteiger charge is 2.26. The SMILES string of the molecule is CC(NS(=O)(=O)N1CCNCC1)c1cccc([N+](=O)[O-])c1. The number of non-ortho nitro benzene ring substituents is 1. The number of nitro benzene ring substituents is 1. The molecule has 1 heterocycles. The van der Waals surface area contributed by atoms with Gasteiger partial charge in [0.25, 0.3) is 15.9 Å². The molecule has 1 atom stereocenters. The van der Waals surface area contributed by atoms with E-state index in [1.807, 2.05) is 0 Å². The van der Waals surface area contributed by atoms with Crippen LogP contribution in [0.25, 0.3) is 0 Å². The summed E-state index contributed by atoms with van der Waals surface area (Å²) in [6.07, 6.45) is 0. The molecule has 21 heavy (non-hydrogen) atoms. The third-order valence-electron chi connectivity index (χ3n) is 3.32. The Balaban J connectivity index is 2.11. The van der Waals surface area contributed by atoms with Gasteiger partial charge in [0.1, 0.15) is 0 Å². The molecule has 0 aromatic heterocycles. The molecule has 2 rings (SSSR count). The topological polar surface area (TPSA) is 105 Å². The summed E-state index contributed by atoms with van der Waals surface area (Å²) in [6.45, 7) is 3.73. The Bertz CT molecular complexity index is 613. The van der Waals surface area contributed by atoms with Gasteiger partial charge in [-0.25, -0.2) is 0 Å². The van der Waals surface area contributed by atoms with Gasteiger partial charge in [-0.3, -0.25) is 10.1 Å². The smallest absolute Gasteiger partial charge is 0.280 e. The molecule has 0 aliphatic carbocycles. The van der Waals surface area contributed by atoms with Gasteiger partial charge in [0.2, 0.25) is 0 Å². The zero-order valence-electron chi connectivity index (χ0n) is 11.7. The Hall–Kier alpha value is -1.55. The van der Waals surface area contributed by atoms with Crippen molar-refractivity contribution < 1.29 is 13.3 Å². The molecular formula is C12H18N4O4S. The molecule has 1 saturated heterocycles. The number of rotatable bonds is 5. The summed E-state index contributed by atoms with van der Waals surface area (Å²) in [4.78, 5) is 10.3. The lowest BCUT2D eigenvalue weighted by Crippen LogP contribution is -2.50. The van der Waals surface area contributed by atoms with Crippen molar-refractivity contribution in [2.24, 2.45) is 0 Å². The fraction of sp³-hybridized carbons (Fsp3) is 0.500. The highest BCUT2D eigenvalue weighted by molar-refractivity contribution is 7.87. The summed E-state index contributed by atoms with van der Waals surface area (Å²) in [5, 5.41) is 13.8. The maximum Gasteiger partial charge on any atom is 0.280 e. The molecular weight excluding hydrogens is 296 g/mol. The van der Waals surface area contributed by atoms with E-state index in [0.29, 0.717) is 31.7 Å². The van der Waals surface area contributed by atoms with Crippen molar-refractivity contribution in [3.05, 3.63) is 39.9 Å². The lowest BCUT2D eigenvalue weighted by atomic mass is 10.1. The number of piperazine rings is 1. The second-order valence-electron chi connectivity index (χ2n) is 4.85. The van der Waals surface area contributed by atoms with Crippen molar-refractivity contribution in [2.45, 2.75) is 13.0 Å². The number of nitrogens with one attached hydrogen (secondary N) is 2. The molecule has 1 aromatic carbocycles. The van der Waals surface area contributed by atoms with E-state index in [1.54, 1.807) is 19.1 Å². The fourth-order valence-corrected chi connectivity index (χ4v) is 3.55. The lowest BCUT2D eigenvalue weighted by molar-refractivity contribution is -0.384. The number of nitrogens with zero attached hydrogens (tertiary/aromatic N) is 2. The normalized spacial score (nSPS) is 18.3. The molecule has 0 spiro atoms. The Morgan fingerprint density at radius 1 is 1.38 bits per heavy atom. The van der Waals surface area contributed by atoms with Gasteiger partial charge < -0.3 is 5.32 Å². The second-order valence-corrected chi connectivity index (χ2v) is 6.55. The van der Waals surface area contributed by atoms with E-state index in [4.69, 9.17) is 0 Å². The van der Waals surface area contributed by atoms with Crippen LogP contribution in [0.4, 0.5) is 5.69 Å². The van der Waals surface area contributed by atoms with Gasteiger partial charge in [-0.05, 0) is 12.5 Å². The van der Waals surface area contributed by atoms with Gasteiger partial charge in [-0.15, -0.1) is 0 Å². The molecule has 0 radical (unpaired) electrons. The Labute approximate surface area is 123 Å². The number of benzene rings is 1. The minimum atomic E-state index is -3.59. The molecule has 2 N–H and O–H groups in total. The van der Waals surface area contributed by atoms with Gasteiger partial charge in [0.15, 0.2) is 0 Å². The molecule has 1 aliphatic rings. The van der Waals surface area contributed by atoms with Gasteiger partial charge >= 0.3 is 0 Å². The van der Waals surface area contributed by atoms with Crippen LogP contribution in [0.15, 0.2) is 24.3 Å². The number of nitro groups is 1. The molecule has 1 aliphatic heterocycles. The van der Waals surface area contributed by atoms with Crippen molar-refractivity contribution in [1.29, 1.82) is 0 Å². The van der Waals surface area contributed by atoms with Crippen LogP contribution in [-0.4, -0.2) is 43.8 Å². The van der Waals surface area contributed by atoms with Crippen LogP contribution in [0.2, 0.25) is 0 Å². The van der Waals surface area contributed by atoms with Crippen molar-refractivity contribution in [1.82, 2.24) is 14.3 Å². The van der Waals surface area contributed by atoms with E-state index in [-0.39, 0.29) is 5.69 Å². The first-order chi connectivity index (χ1) is 9.90. The highest BCUT2D eigenvalue weighted by atomic mass is 32.2. The minimum Gasteiger partial charge on any atom is -0.314 e. The molecule has 1 fully saturated rings. The summed E-state index contributed by atoms with van der Waals surface area (Å²) in [5.74, 6) is 0. The van der Waals surface area contributed by atoms with Crippen LogP contribution >= 0.6 is 0 Å². The molecule has 8 nitrogen and oxygen atoms in total. The van der Waals surface area contributed by atoms with Gasteiger partial charge in [-0.1, -0.05) is 12.1 Å². The van der Waals surface area contributed by atoms with E-state index in [1.165, 1.54) is 16.4 Å². The number of hydrogen-bond acceptors (Lipinski definition) is 5. The second kappa shape index (κ2) is 6.48. The molecule has 0 saturated carbocycles. The van der Waals surface area contributed by atoms with Gasteiger partial charge in [0, 0.05) is 44.4 Å². The van der Waals surface area contributed by atoms with Gasteiger partial charge in [-0.2, -0.15) is 17.4 Å². The average molecular weight is 314 g/mol. The van der Waals surface area contributed by atoms with E-state index in [0.717, 1.165) is 0 Å². The van der Waals surface area contributed by atoms with Crippen LogP contribution in [0.3, 0.4) is 0 Å². The van der Waals surface area contributed by atoms with E-state index >= 15 is 0 Å². The lowest BCUT2D eigenvalue weighted by Gasteiger charge is -2.28. The Kier molecular flexibility index (Phi) is 4.88. The van der Waals surface area contributed by atoms with Crippen molar-refractivity contribution in [3.8, 4) is 0 Å². The standard InChI is InChI=1S/C12H18N4O4S/c1-10(11-3-2-4-12(9-11)16(17)18)14-21(19,20)15-7-5-13-6-8-15/h2-4,9-10,13-14H,5-8H2,1H3. The average Bonchev–Trinajstić information content (AvgIpc) is 2.48. The zero-order valence-corrected chi connectivity index (χ0v) is 12.5. The Morgan fingerprint density at radius 2 is 2.05 bits per heavy atom. The van der Waals surface area contributed by atoms with Crippen LogP contribution < -0.4 is 10.0 Å². The summed E-state index contributed by atoms with van der Waals surface area (Å²) < 4.78 is 28.4. The third kappa shape index (κ3) is 3.97. The zero-order chi connectivity index (χ0) is 15.5. The minimum absolute atomic E-state index is 0.0549. The predicted octanol–water partition coefficient (Wildman–Crippen LogP) is 0.395. The van der Waals surface area contributed by atoms with Crippen LogP contribution in [-0.2, 0) is 10.2 Å².